The van der Waals surface area contributed by atoms with E-state index in [9.17, 15) is 34.7 Å². The van der Waals surface area contributed by atoms with Crippen molar-refractivity contribution in [1.29, 1.82) is 0 Å². The predicted octanol–water partition coefficient (Wildman–Crippen LogP) is 0.945. The van der Waals surface area contributed by atoms with E-state index < -0.39 is 41.9 Å². The number of carbonyl (C=O) groups excluding carboxylic acids is 2. The van der Waals surface area contributed by atoms with E-state index in [2.05, 4.69) is 0 Å². The van der Waals surface area contributed by atoms with Gasteiger partial charge < -0.3 is 24.6 Å². The number of hydrogen-bond donors (Lipinski definition) is 2. The molecule has 1 heterocycles. The van der Waals surface area contributed by atoms with Crippen LogP contribution >= 0.6 is 0 Å². The second kappa shape index (κ2) is 9.18. The van der Waals surface area contributed by atoms with Crippen LogP contribution < -0.4 is 0 Å². The van der Waals surface area contributed by atoms with Crippen molar-refractivity contribution in [2.45, 2.75) is 12.8 Å². The topological polar surface area (TPSA) is 157 Å². The number of benzene rings is 1. The number of ether oxygens (including phenoxy) is 2. The van der Waals surface area contributed by atoms with Crippen LogP contribution in [0.1, 0.15) is 18.4 Å². The standard InChI is InChI=1S/C19H20N2O9/c1-10-15(18(25)29-2)16(11-5-4-6-12(7-11)21(27)28)17(19(26)30-3)13(9-22)20(10)8-14(23)24/h4-7,16,22H,8-9H2,1-3H3,(H,23,24)/t16-/m0/s1. The van der Waals surface area contributed by atoms with Crippen LogP contribution in [0.2, 0.25) is 0 Å². The molecule has 0 fully saturated rings. The van der Waals surface area contributed by atoms with Gasteiger partial charge in [0.25, 0.3) is 5.69 Å². The number of allylic oxidation sites excluding steroid dienone is 1. The molecule has 30 heavy (non-hydrogen) atoms. The fraction of sp³-hybridized carbons (Fsp3) is 0.316. The number of carboxylic acids is 1. The summed E-state index contributed by atoms with van der Waals surface area (Å²) in [5, 5.41) is 30.4. The molecule has 0 spiro atoms. The average molecular weight is 420 g/mol. The molecule has 0 saturated heterocycles. The molecule has 1 atom stereocenters. The molecule has 0 radical (unpaired) electrons. The largest absolute Gasteiger partial charge is 0.480 e. The van der Waals surface area contributed by atoms with Crippen molar-refractivity contribution in [3.63, 3.8) is 0 Å². The smallest absolute Gasteiger partial charge is 0.336 e. The summed E-state index contributed by atoms with van der Waals surface area (Å²) in [5.74, 6) is -4.25. The second-order valence-electron chi connectivity index (χ2n) is 6.27. The summed E-state index contributed by atoms with van der Waals surface area (Å²) < 4.78 is 9.64. The average Bonchev–Trinajstić information content (AvgIpc) is 2.73. The van der Waals surface area contributed by atoms with Crippen LogP contribution in [-0.4, -0.2) is 65.3 Å². The number of nitrogens with zero attached hydrogens (tertiary/aromatic N) is 2. The second-order valence-corrected chi connectivity index (χ2v) is 6.27. The Kier molecular flexibility index (Phi) is 6.90. The van der Waals surface area contributed by atoms with E-state index in [0.29, 0.717) is 0 Å². The van der Waals surface area contributed by atoms with E-state index in [1.807, 2.05) is 0 Å². The van der Waals surface area contributed by atoms with Crippen molar-refractivity contribution in [1.82, 2.24) is 4.90 Å². The zero-order chi connectivity index (χ0) is 22.6. The maximum atomic E-state index is 12.7. The predicted molar refractivity (Wildman–Crippen MR) is 101 cm³/mol. The van der Waals surface area contributed by atoms with Gasteiger partial charge in [0.05, 0.1) is 48.5 Å². The maximum Gasteiger partial charge on any atom is 0.336 e. The maximum absolute atomic E-state index is 12.7. The summed E-state index contributed by atoms with van der Waals surface area (Å²) in [6.45, 7) is 0.0442. The summed E-state index contributed by atoms with van der Waals surface area (Å²) >= 11 is 0. The Hall–Kier alpha value is -3.73. The molecule has 11 heteroatoms. The van der Waals surface area contributed by atoms with E-state index in [-0.39, 0.29) is 33.8 Å². The van der Waals surface area contributed by atoms with E-state index in [0.717, 1.165) is 19.1 Å². The van der Waals surface area contributed by atoms with Gasteiger partial charge >= 0.3 is 17.9 Å². The van der Waals surface area contributed by atoms with E-state index >= 15 is 0 Å². The molecule has 2 N–H and O–H groups in total. The minimum atomic E-state index is -1.28. The van der Waals surface area contributed by atoms with Crippen LogP contribution in [0.15, 0.2) is 46.8 Å². The van der Waals surface area contributed by atoms with Gasteiger partial charge in [0.1, 0.15) is 6.54 Å². The number of methoxy groups -OCH3 is 2. The highest BCUT2D eigenvalue weighted by atomic mass is 16.6. The van der Waals surface area contributed by atoms with Crippen LogP contribution in [0.3, 0.4) is 0 Å². The number of carboxylic acid groups (broad SMARTS) is 1. The third kappa shape index (κ3) is 4.15. The number of non-ortho nitro benzene ring substituents is 1. The van der Waals surface area contributed by atoms with Crippen molar-refractivity contribution < 1.29 is 39.0 Å². The molecule has 160 valence electrons. The number of aliphatic hydroxyl groups excluding tert-OH is 1. The summed E-state index contributed by atoms with van der Waals surface area (Å²) in [6.07, 6.45) is 0. The Bertz CT molecular complexity index is 965. The fourth-order valence-corrected chi connectivity index (χ4v) is 3.41. The number of carbonyl (C=O) groups is 3. The Morgan fingerprint density at radius 2 is 1.77 bits per heavy atom. The zero-order valence-corrected chi connectivity index (χ0v) is 16.4. The van der Waals surface area contributed by atoms with E-state index in [4.69, 9.17) is 9.47 Å². The molecule has 1 aromatic rings. The van der Waals surface area contributed by atoms with Crippen molar-refractivity contribution in [3.8, 4) is 0 Å². The van der Waals surface area contributed by atoms with E-state index in [1.165, 1.54) is 31.2 Å². The Balaban J connectivity index is 2.89. The number of nitro benzene ring substituents is 1. The van der Waals surface area contributed by atoms with Gasteiger partial charge in [0.15, 0.2) is 0 Å². The first-order valence-corrected chi connectivity index (χ1v) is 8.62. The van der Waals surface area contributed by atoms with Crippen molar-refractivity contribution >= 4 is 23.6 Å². The van der Waals surface area contributed by atoms with Crippen LogP contribution in [0.4, 0.5) is 5.69 Å². The summed E-state index contributed by atoms with van der Waals surface area (Å²) in [4.78, 5) is 48.4. The van der Waals surface area contributed by atoms with Gasteiger partial charge in [-0.1, -0.05) is 12.1 Å². The van der Waals surface area contributed by atoms with Gasteiger partial charge in [-0.3, -0.25) is 14.9 Å². The summed E-state index contributed by atoms with van der Waals surface area (Å²) in [5.41, 5.74) is -0.365. The molecule has 1 aromatic carbocycles. The molecule has 0 bridgehead atoms. The molecule has 0 aromatic heterocycles. The SMILES string of the molecule is COC(=O)C1=C(C)N(CC(=O)O)C(CO)=C(C(=O)OC)[C@H]1c1cccc([N+](=O)[O-])c1. The number of aliphatic carboxylic acids is 1. The summed E-state index contributed by atoms with van der Waals surface area (Å²) in [7, 11) is 2.19. The monoisotopic (exact) mass is 420 g/mol. The van der Waals surface area contributed by atoms with Crippen LogP contribution in [0.5, 0.6) is 0 Å². The van der Waals surface area contributed by atoms with Gasteiger partial charge in [-0.25, -0.2) is 9.59 Å². The quantitative estimate of drug-likeness (QED) is 0.370. The lowest BCUT2D eigenvalue weighted by Gasteiger charge is -2.37. The number of nitro groups is 1. The molecular weight excluding hydrogens is 400 g/mol. The highest BCUT2D eigenvalue weighted by Crippen LogP contribution is 2.43. The van der Waals surface area contributed by atoms with Gasteiger partial charge in [-0.15, -0.1) is 0 Å². The third-order valence-corrected chi connectivity index (χ3v) is 4.68. The first-order chi connectivity index (χ1) is 14.2. The minimum Gasteiger partial charge on any atom is -0.480 e. The van der Waals surface area contributed by atoms with E-state index in [1.54, 1.807) is 0 Å². The van der Waals surface area contributed by atoms with Gasteiger partial charge in [-0.2, -0.15) is 0 Å². The minimum absolute atomic E-state index is 0.0918. The van der Waals surface area contributed by atoms with Crippen molar-refractivity contribution in [3.05, 3.63) is 62.5 Å². The number of aliphatic hydroxyl groups is 1. The van der Waals surface area contributed by atoms with Crippen molar-refractivity contribution in [2.75, 3.05) is 27.4 Å². The molecule has 11 nitrogen and oxygen atoms in total. The Morgan fingerprint density at radius 3 is 2.27 bits per heavy atom. The molecule has 0 unspecified atom stereocenters. The van der Waals surface area contributed by atoms with Crippen LogP contribution in [-0.2, 0) is 23.9 Å². The fourth-order valence-electron chi connectivity index (χ4n) is 3.41. The molecule has 0 aliphatic carbocycles. The van der Waals surface area contributed by atoms with Crippen LogP contribution in [0.25, 0.3) is 0 Å². The molecule has 0 saturated carbocycles. The number of rotatable bonds is 7. The summed E-state index contributed by atoms with van der Waals surface area (Å²) in [6, 6.07) is 5.28. The Labute approximate surface area is 171 Å². The highest BCUT2D eigenvalue weighted by molar-refractivity contribution is 6.00. The first kappa shape index (κ1) is 22.6. The van der Waals surface area contributed by atoms with Gasteiger partial charge in [0, 0.05) is 17.8 Å². The van der Waals surface area contributed by atoms with Crippen molar-refractivity contribution in [2.24, 2.45) is 0 Å². The Morgan fingerprint density at radius 1 is 1.17 bits per heavy atom. The third-order valence-electron chi connectivity index (χ3n) is 4.68. The van der Waals surface area contributed by atoms with Crippen LogP contribution in [0, 0.1) is 10.1 Å². The first-order valence-electron chi connectivity index (χ1n) is 8.62. The molecule has 2 rings (SSSR count). The molecule has 1 aliphatic heterocycles. The highest BCUT2D eigenvalue weighted by Gasteiger charge is 2.42. The lowest BCUT2D eigenvalue weighted by Crippen LogP contribution is -2.39. The lowest BCUT2D eigenvalue weighted by molar-refractivity contribution is -0.384. The molecule has 0 amide bonds. The number of hydrogen-bond acceptors (Lipinski definition) is 9. The van der Waals surface area contributed by atoms with Gasteiger partial charge in [0.2, 0.25) is 0 Å². The lowest BCUT2D eigenvalue weighted by atomic mass is 9.79. The van der Waals surface area contributed by atoms with Gasteiger partial charge in [-0.05, 0) is 12.5 Å². The molecular formula is C19H20N2O9. The molecule has 1 aliphatic rings. The number of esters is 2. The normalized spacial score (nSPS) is 16.4. The zero-order valence-electron chi connectivity index (χ0n) is 16.4.